The zero-order valence-corrected chi connectivity index (χ0v) is 18.6. The van der Waals surface area contributed by atoms with Crippen molar-refractivity contribution in [3.63, 3.8) is 0 Å². The first kappa shape index (κ1) is 24.5. The average Bonchev–Trinajstić information content (AvgIpc) is 3.02. The van der Waals surface area contributed by atoms with Gasteiger partial charge in [0, 0.05) is 43.4 Å². The van der Waals surface area contributed by atoms with Gasteiger partial charge in [0.15, 0.2) is 0 Å². The van der Waals surface area contributed by atoms with Crippen molar-refractivity contribution in [1.82, 2.24) is 15.4 Å². The van der Waals surface area contributed by atoms with Gasteiger partial charge in [-0.25, -0.2) is 9.78 Å². The highest BCUT2D eigenvalue weighted by atomic mass is 33.1. The van der Waals surface area contributed by atoms with Crippen LogP contribution in [0.1, 0.15) is 38.5 Å². The van der Waals surface area contributed by atoms with Gasteiger partial charge >= 0.3 is 5.97 Å². The third kappa shape index (κ3) is 8.54. The highest BCUT2D eigenvalue weighted by Crippen LogP contribution is 2.29. The lowest BCUT2D eigenvalue weighted by Crippen LogP contribution is -2.33. The lowest BCUT2D eigenvalue weighted by Gasteiger charge is -2.13. The Bertz CT molecular complexity index is 737. The van der Waals surface area contributed by atoms with Crippen molar-refractivity contribution in [1.29, 1.82) is 0 Å². The molecule has 0 saturated carbocycles. The number of nitrogens with one attached hydrogen (secondary N) is 1. The molecule has 2 rings (SSSR count). The molecule has 2 heterocycles. The molecule has 1 aliphatic heterocycles. The molecule has 3 amide bonds. The first-order valence-electron chi connectivity index (χ1n) is 9.36. The van der Waals surface area contributed by atoms with Crippen molar-refractivity contribution in [2.75, 3.05) is 12.3 Å². The number of carbonyl (C=O) groups is 4. The summed E-state index contributed by atoms with van der Waals surface area (Å²) >= 11 is 0.266. The molecule has 1 aliphatic rings. The molecule has 0 bridgehead atoms. The monoisotopic (exact) mass is 473 g/mol. The number of hydroxylamine groups is 2. The number of unbranched alkanes of at least 4 members (excludes halogenated alkanes) is 2. The topological polar surface area (TPSA) is 126 Å². The number of hydrogen-bond donors (Lipinski definition) is 2. The summed E-state index contributed by atoms with van der Waals surface area (Å²) in [5.41, 5.74) is 0. The van der Waals surface area contributed by atoms with E-state index < -0.39 is 23.0 Å². The molecule has 2 N–H and O–H groups in total. The Morgan fingerprint density at radius 2 is 2.07 bits per heavy atom. The Morgan fingerprint density at radius 1 is 1.23 bits per heavy atom. The van der Waals surface area contributed by atoms with Crippen LogP contribution in [0.3, 0.4) is 0 Å². The molecule has 1 aromatic rings. The second kappa shape index (κ2) is 13.5. The van der Waals surface area contributed by atoms with Crippen molar-refractivity contribution in [3.8, 4) is 0 Å². The molecule has 1 aromatic heterocycles. The summed E-state index contributed by atoms with van der Waals surface area (Å²) in [6.45, 7) is 0.518. The van der Waals surface area contributed by atoms with Gasteiger partial charge in [-0.2, -0.15) is 0 Å². The molecule has 1 atom stereocenters. The number of nitrogens with zero attached hydrogens (tertiary/aromatic N) is 2. The molecule has 0 spiro atoms. The number of rotatable bonds is 13. The lowest BCUT2D eigenvalue weighted by atomic mass is 10.2. The van der Waals surface area contributed by atoms with Crippen molar-refractivity contribution in [2.24, 2.45) is 0 Å². The third-order valence-electron chi connectivity index (χ3n) is 3.96. The SMILES string of the molecule is O=C(CCSSc1ccccn1)NCCCCCC(=O)ON1C(=O)CC(SO)C1=O. The maximum absolute atomic E-state index is 11.8. The van der Waals surface area contributed by atoms with Crippen molar-refractivity contribution in [3.05, 3.63) is 24.4 Å². The van der Waals surface area contributed by atoms with Crippen molar-refractivity contribution in [2.45, 2.75) is 48.8 Å². The number of imide groups is 1. The Balaban J connectivity index is 1.46. The fraction of sp³-hybridized carbons (Fsp3) is 0.500. The van der Waals surface area contributed by atoms with Crippen LogP contribution in [0.25, 0.3) is 0 Å². The van der Waals surface area contributed by atoms with Crippen LogP contribution < -0.4 is 5.32 Å². The number of aromatic nitrogens is 1. The Kier molecular flexibility index (Phi) is 11.0. The van der Waals surface area contributed by atoms with Crippen LogP contribution in [0.4, 0.5) is 0 Å². The van der Waals surface area contributed by atoms with Gasteiger partial charge in [0.05, 0.1) is 6.42 Å². The molecule has 0 aliphatic carbocycles. The normalized spacial score (nSPS) is 16.0. The first-order chi connectivity index (χ1) is 14.5. The Morgan fingerprint density at radius 3 is 2.77 bits per heavy atom. The van der Waals surface area contributed by atoms with E-state index in [-0.39, 0.29) is 30.8 Å². The van der Waals surface area contributed by atoms with E-state index >= 15 is 0 Å². The fourth-order valence-electron chi connectivity index (χ4n) is 2.43. The summed E-state index contributed by atoms with van der Waals surface area (Å²) < 4.78 is 8.92. The van der Waals surface area contributed by atoms with E-state index in [1.807, 2.05) is 18.2 Å². The van der Waals surface area contributed by atoms with Crippen LogP contribution in [0, 0.1) is 0 Å². The zero-order chi connectivity index (χ0) is 21.8. The maximum atomic E-state index is 11.8. The largest absolute Gasteiger partial charge is 0.356 e. The van der Waals surface area contributed by atoms with Gasteiger partial charge in [0.25, 0.3) is 11.8 Å². The van der Waals surface area contributed by atoms with Crippen LogP contribution in [0.2, 0.25) is 0 Å². The smallest absolute Gasteiger partial charge is 0.333 e. The summed E-state index contributed by atoms with van der Waals surface area (Å²) in [4.78, 5) is 55.9. The summed E-state index contributed by atoms with van der Waals surface area (Å²) in [5, 5.41) is 3.26. The van der Waals surface area contributed by atoms with Gasteiger partial charge in [0.2, 0.25) is 5.91 Å². The van der Waals surface area contributed by atoms with E-state index in [0.717, 1.165) is 5.03 Å². The average molecular weight is 474 g/mol. The minimum atomic E-state index is -0.916. The summed E-state index contributed by atoms with van der Waals surface area (Å²) in [5.74, 6) is -1.38. The third-order valence-corrected chi connectivity index (χ3v) is 6.85. The standard InChI is InChI=1S/C18H23N3O6S3/c22-14(8-11-28-30-15-6-3-5-10-20-15)19-9-4-1-2-7-17(24)27-21-16(23)12-13(29-26)18(21)25/h3,5-6,10,13,26H,1-2,4,7-9,11-12H2,(H,19,22). The van der Waals surface area contributed by atoms with Crippen molar-refractivity contribution < 1.29 is 28.6 Å². The lowest BCUT2D eigenvalue weighted by molar-refractivity contribution is -0.197. The molecule has 1 fully saturated rings. The molecule has 1 unspecified atom stereocenters. The molecule has 30 heavy (non-hydrogen) atoms. The minimum Gasteiger partial charge on any atom is -0.356 e. The molecule has 164 valence electrons. The van der Waals surface area contributed by atoms with Crippen LogP contribution in [-0.2, 0) is 24.0 Å². The molecule has 0 aromatic carbocycles. The fourth-order valence-corrected chi connectivity index (χ4v) is 4.70. The summed E-state index contributed by atoms with van der Waals surface area (Å²) in [6.07, 6.45) is 3.93. The van der Waals surface area contributed by atoms with E-state index in [4.69, 9.17) is 9.39 Å². The van der Waals surface area contributed by atoms with E-state index in [0.29, 0.717) is 43.0 Å². The second-order valence-electron chi connectivity index (χ2n) is 6.27. The molecule has 0 radical (unpaired) electrons. The highest BCUT2D eigenvalue weighted by Gasteiger charge is 2.42. The van der Waals surface area contributed by atoms with E-state index in [9.17, 15) is 19.2 Å². The van der Waals surface area contributed by atoms with E-state index in [2.05, 4.69) is 10.3 Å². The molecule has 1 saturated heterocycles. The van der Waals surface area contributed by atoms with Crippen LogP contribution >= 0.6 is 33.6 Å². The van der Waals surface area contributed by atoms with Gasteiger partial charge in [-0.3, -0.25) is 14.4 Å². The van der Waals surface area contributed by atoms with Gasteiger partial charge < -0.3 is 14.7 Å². The highest BCUT2D eigenvalue weighted by molar-refractivity contribution is 8.76. The van der Waals surface area contributed by atoms with E-state index in [1.54, 1.807) is 17.0 Å². The predicted molar refractivity (Wildman–Crippen MR) is 115 cm³/mol. The number of pyridine rings is 1. The molecule has 12 heteroatoms. The van der Waals surface area contributed by atoms with Crippen LogP contribution in [0.15, 0.2) is 29.4 Å². The summed E-state index contributed by atoms with van der Waals surface area (Å²) in [7, 11) is 3.11. The number of amides is 3. The molecular formula is C18H23N3O6S3. The van der Waals surface area contributed by atoms with E-state index in [1.165, 1.54) is 10.8 Å². The van der Waals surface area contributed by atoms with Gasteiger partial charge in [0.1, 0.15) is 10.3 Å². The minimum absolute atomic E-state index is 0.0223. The van der Waals surface area contributed by atoms with Crippen LogP contribution in [-0.4, -0.2) is 55.8 Å². The quantitative estimate of drug-likeness (QED) is 0.191. The molecule has 9 nitrogen and oxygen atoms in total. The van der Waals surface area contributed by atoms with Crippen LogP contribution in [0.5, 0.6) is 0 Å². The Labute approximate surface area is 186 Å². The number of hydrogen-bond acceptors (Lipinski definition) is 10. The number of carbonyl (C=O) groups excluding carboxylic acids is 4. The second-order valence-corrected chi connectivity index (χ2v) is 9.49. The van der Waals surface area contributed by atoms with Gasteiger partial charge in [-0.05, 0) is 35.8 Å². The van der Waals surface area contributed by atoms with Gasteiger partial charge in [-0.15, -0.1) is 5.06 Å². The molecular weight excluding hydrogens is 450 g/mol. The van der Waals surface area contributed by atoms with Crippen molar-refractivity contribution >= 4 is 57.3 Å². The Hall–Kier alpha value is -1.76. The zero-order valence-electron chi connectivity index (χ0n) is 16.2. The van der Waals surface area contributed by atoms with Gasteiger partial charge in [-0.1, -0.05) is 23.3 Å². The predicted octanol–water partition coefficient (Wildman–Crippen LogP) is 2.68. The maximum Gasteiger partial charge on any atom is 0.333 e. The summed E-state index contributed by atoms with van der Waals surface area (Å²) in [6, 6.07) is 5.69. The first-order valence-corrected chi connectivity index (χ1v) is 12.5.